The lowest BCUT2D eigenvalue weighted by Crippen LogP contribution is -2.36. The van der Waals surface area contributed by atoms with Crippen molar-refractivity contribution in [1.82, 2.24) is 10.6 Å². The molecule has 1 atom stereocenters. The average Bonchev–Trinajstić information content (AvgIpc) is 2.82. The van der Waals surface area contributed by atoms with Crippen molar-refractivity contribution in [2.45, 2.75) is 12.5 Å². The maximum absolute atomic E-state index is 12.1. The summed E-state index contributed by atoms with van der Waals surface area (Å²) in [6.45, 7) is 0.200. The van der Waals surface area contributed by atoms with Crippen molar-refractivity contribution < 1.29 is 14.7 Å². The van der Waals surface area contributed by atoms with E-state index in [0.29, 0.717) is 24.1 Å². The highest BCUT2D eigenvalue weighted by Crippen LogP contribution is 2.09. The summed E-state index contributed by atoms with van der Waals surface area (Å²) in [6, 6.07) is 6.73. The molecule has 98 valence electrons. The van der Waals surface area contributed by atoms with E-state index in [1.807, 2.05) is 0 Å². The Balaban J connectivity index is 2.12. The minimum atomic E-state index is -0.260. The average molecular weight is 258 g/mol. The van der Waals surface area contributed by atoms with Gasteiger partial charge >= 0.3 is 0 Å². The molecular weight excluding hydrogens is 244 g/mol. The van der Waals surface area contributed by atoms with Crippen LogP contribution in [0.5, 0.6) is 0 Å². The molecule has 2 amide bonds. The van der Waals surface area contributed by atoms with Crippen molar-refractivity contribution in [3.8, 4) is 11.8 Å². The van der Waals surface area contributed by atoms with Gasteiger partial charge in [0.1, 0.15) is 6.61 Å². The predicted octanol–water partition coefficient (Wildman–Crippen LogP) is -0.351. The molecule has 1 aromatic rings. The molecule has 1 aromatic carbocycles. The Labute approximate surface area is 111 Å². The van der Waals surface area contributed by atoms with Gasteiger partial charge in [-0.15, -0.1) is 0 Å². The van der Waals surface area contributed by atoms with E-state index < -0.39 is 0 Å². The topological polar surface area (TPSA) is 78.4 Å². The number of benzene rings is 1. The first-order valence-corrected chi connectivity index (χ1v) is 5.97. The first-order valence-electron chi connectivity index (χ1n) is 5.97. The molecule has 1 unspecified atom stereocenters. The highest BCUT2D eigenvalue weighted by molar-refractivity contribution is 5.97. The minimum Gasteiger partial charge on any atom is -0.384 e. The first-order chi connectivity index (χ1) is 9.20. The van der Waals surface area contributed by atoms with E-state index in [1.165, 1.54) is 0 Å². The van der Waals surface area contributed by atoms with Crippen LogP contribution in [0.1, 0.15) is 22.3 Å². The van der Waals surface area contributed by atoms with E-state index in [4.69, 9.17) is 5.11 Å². The molecule has 3 N–H and O–H groups in total. The molecule has 1 heterocycles. The smallest absolute Gasteiger partial charge is 0.252 e. The quantitative estimate of drug-likeness (QED) is 0.634. The number of hydrogen-bond acceptors (Lipinski definition) is 3. The van der Waals surface area contributed by atoms with E-state index in [2.05, 4.69) is 22.5 Å². The van der Waals surface area contributed by atoms with Gasteiger partial charge in [-0.1, -0.05) is 24.0 Å². The Hall–Kier alpha value is -2.32. The molecule has 0 spiro atoms. The summed E-state index contributed by atoms with van der Waals surface area (Å²) in [7, 11) is 0. The third-order valence-corrected chi connectivity index (χ3v) is 2.79. The Bertz CT molecular complexity index is 557. The fraction of sp³-hybridized carbons (Fsp3) is 0.286. The molecule has 1 fully saturated rings. The van der Waals surface area contributed by atoms with Gasteiger partial charge in [0.05, 0.1) is 11.6 Å². The van der Waals surface area contributed by atoms with Crippen LogP contribution >= 0.6 is 0 Å². The van der Waals surface area contributed by atoms with Crippen LogP contribution in [-0.2, 0) is 4.79 Å². The standard InChI is InChI=1S/C14H14N2O3/c17-7-3-5-10-4-1-2-6-12(10)14(19)16-11-8-13(18)15-9-11/h1-2,4,6,11,17H,7-9H2,(H,15,18)(H,16,19). The van der Waals surface area contributed by atoms with E-state index in [-0.39, 0.29) is 24.5 Å². The Morgan fingerprint density at radius 1 is 1.47 bits per heavy atom. The van der Waals surface area contributed by atoms with E-state index in [1.54, 1.807) is 24.3 Å². The van der Waals surface area contributed by atoms with Gasteiger partial charge in [0, 0.05) is 18.5 Å². The van der Waals surface area contributed by atoms with Crippen LogP contribution in [0.3, 0.4) is 0 Å². The fourth-order valence-corrected chi connectivity index (χ4v) is 1.90. The second-order valence-corrected chi connectivity index (χ2v) is 4.18. The van der Waals surface area contributed by atoms with E-state index >= 15 is 0 Å². The molecule has 1 aliphatic heterocycles. The number of amides is 2. The van der Waals surface area contributed by atoms with Gasteiger partial charge in [-0.25, -0.2) is 0 Å². The summed E-state index contributed by atoms with van der Waals surface area (Å²) < 4.78 is 0. The monoisotopic (exact) mass is 258 g/mol. The number of carbonyl (C=O) groups excluding carboxylic acids is 2. The number of hydrogen-bond donors (Lipinski definition) is 3. The number of nitrogens with one attached hydrogen (secondary N) is 2. The highest BCUT2D eigenvalue weighted by atomic mass is 16.2. The van der Waals surface area contributed by atoms with Crippen LogP contribution < -0.4 is 10.6 Å². The van der Waals surface area contributed by atoms with Crippen molar-refractivity contribution in [3.63, 3.8) is 0 Å². The second kappa shape index (κ2) is 6.03. The van der Waals surface area contributed by atoms with Crippen LogP contribution in [0, 0.1) is 11.8 Å². The van der Waals surface area contributed by atoms with Crippen LogP contribution in [-0.4, -0.2) is 36.1 Å². The van der Waals surface area contributed by atoms with E-state index in [9.17, 15) is 9.59 Å². The molecule has 0 aromatic heterocycles. The van der Waals surface area contributed by atoms with Gasteiger partial charge in [-0.3, -0.25) is 9.59 Å². The molecule has 0 saturated carbocycles. The molecule has 0 bridgehead atoms. The molecule has 5 nitrogen and oxygen atoms in total. The molecule has 0 radical (unpaired) electrons. The predicted molar refractivity (Wildman–Crippen MR) is 69.3 cm³/mol. The third kappa shape index (κ3) is 3.33. The zero-order chi connectivity index (χ0) is 13.7. The molecular formula is C14H14N2O3. The van der Waals surface area contributed by atoms with Crippen molar-refractivity contribution in [1.29, 1.82) is 0 Å². The highest BCUT2D eigenvalue weighted by Gasteiger charge is 2.23. The van der Waals surface area contributed by atoms with Gasteiger partial charge in [-0.2, -0.15) is 0 Å². The number of rotatable bonds is 2. The summed E-state index contributed by atoms with van der Waals surface area (Å²) in [5.41, 5.74) is 1.01. The van der Waals surface area contributed by atoms with Crippen molar-refractivity contribution >= 4 is 11.8 Å². The largest absolute Gasteiger partial charge is 0.384 e. The zero-order valence-electron chi connectivity index (χ0n) is 10.3. The minimum absolute atomic E-state index is 0.0568. The summed E-state index contributed by atoms with van der Waals surface area (Å²) in [6.07, 6.45) is 0.302. The Morgan fingerprint density at radius 3 is 2.95 bits per heavy atom. The van der Waals surface area contributed by atoms with Gasteiger partial charge in [0.25, 0.3) is 5.91 Å². The molecule has 19 heavy (non-hydrogen) atoms. The molecule has 1 aliphatic rings. The summed E-state index contributed by atoms with van der Waals surface area (Å²) in [5, 5.41) is 14.1. The Morgan fingerprint density at radius 2 is 2.26 bits per heavy atom. The molecule has 0 aliphatic carbocycles. The van der Waals surface area contributed by atoms with Crippen LogP contribution in [0.2, 0.25) is 0 Å². The maximum atomic E-state index is 12.1. The van der Waals surface area contributed by atoms with Crippen LogP contribution in [0.4, 0.5) is 0 Å². The SMILES string of the molecule is O=C1CC(NC(=O)c2ccccc2C#CCO)CN1. The van der Waals surface area contributed by atoms with E-state index in [0.717, 1.165) is 0 Å². The number of aliphatic hydroxyl groups excluding tert-OH is 1. The fourth-order valence-electron chi connectivity index (χ4n) is 1.90. The van der Waals surface area contributed by atoms with Crippen molar-refractivity contribution in [2.75, 3.05) is 13.2 Å². The lowest BCUT2D eigenvalue weighted by molar-refractivity contribution is -0.119. The van der Waals surface area contributed by atoms with Crippen molar-refractivity contribution in [3.05, 3.63) is 35.4 Å². The van der Waals surface area contributed by atoms with Gasteiger partial charge in [-0.05, 0) is 12.1 Å². The van der Waals surface area contributed by atoms with Crippen molar-refractivity contribution in [2.24, 2.45) is 0 Å². The zero-order valence-corrected chi connectivity index (χ0v) is 10.3. The normalized spacial score (nSPS) is 17.3. The number of carbonyl (C=O) groups is 2. The van der Waals surface area contributed by atoms with Gasteiger partial charge in [0.15, 0.2) is 0 Å². The van der Waals surface area contributed by atoms with Gasteiger partial charge in [0.2, 0.25) is 5.91 Å². The summed E-state index contributed by atoms with van der Waals surface area (Å²) in [4.78, 5) is 23.2. The maximum Gasteiger partial charge on any atom is 0.252 e. The molecule has 5 heteroatoms. The third-order valence-electron chi connectivity index (χ3n) is 2.79. The second-order valence-electron chi connectivity index (χ2n) is 4.18. The first kappa shape index (κ1) is 13.1. The molecule has 1 saturated heterocycles. The molecule has 2 rings (SSSR count). The Kier molecular flexibility index (Phi) is 4.16. The van der Waals surface area contributed by atoms with Crippen LogP contribution in [0.25, 0.3) is 0 Å². The summed E-state index contributed by atoms with van der Waals surface area (Å²) in [5.74, 6) is 4.94. The lowest BCUT2D eigenvalue weighted by atomic mass is 10.1. The lowest BCUT2D eigenvalue weighted by Gasteiger charge is -2.11. The van der Waals surface area contributed by atoms with Gasteiger partial charge < -0.3 is 15.7 Å². The van der Waals surface area contributed by atoms with Crippen LogP contribution in [0.15, 0.2) is 24.3 Å². The summed E-state index contributed by atoms with van der Waals surface area (Å²) >= 11 is 0. The number of aliphatic hydroxyl groups is 1.